The van der Waals surface area contributed by atoms with Crippen molar-refractivity contribution in [1.29, 1.82) is 0 Å². The lowest BCUT2D eigenvalue weighted by molar-refractivity contribution is -0.122. The van der Waals surface area contributed by atoms with E-state index in [1.54, 1.807) is 20.8 Å². The largest absolute Gasteiger partial charge is 0.445 e. The lowest BCUT2D eigenvalue weighted by Gasteiger charge is -2.19. The minimum Gasteiger partial charge on any atom is -0.445 e. The van der Waals surface area contributed by atoms with Gasteiger partial charge in [0.2, 0.25) is 5.91 Å². The van der Waals surface area contributed by atoms with Gasteiger partial charge in [0, 0.05) is 26.1 Å². The van der Waals surface area contributed by atoms with Crippen LogP contribution in [0.15, 0.2) is 30.3 Å². The van der Waals surface area contributed by atoms with Crippen molar-refractivity contribution in [2.24, 2.45) is 0 Å². The zero-order valence-corrected chi connectivity index (χ0v) is 18.0. The quantitative estimate of drug-likeness (QED) is 0.445. The third-order valence-corrected chi connectivity index (χ3v) is 3.55. The van der Waals surface area contributed by atoms with Crippen molar-refractivity contribution < 1.29 is 28.6 Å². The summed E-state index contributed by atoms with van der Waals surface area (Å²) in [6.07, 6.45) is -0.168. The van der Waals surface area contributed by atoms with Gasteiger partial charge < -0.3 is 30.2 Å². The molecule has 0 aromatic heterocycles. The molecule has 0 spiro atoms. The van der Waals surface area contributed by atoms with Crippen LogP contribution in [-0.4, -0.2) is 56.5 Å². The molecule has 9 heteroatoms. The van der Waals surface area contributed by atoms with Gasteiger partial charge in [-0.15, -0.1) is 0 Å². The van der Waals surface area contributed by atoms with Crippen LogP contribution in [0.2, 0.25) is 0 Å². The van der Waals surface area contributed by atoms with Crippen molar-refractivity contribution in [1.82, 2.24) is 16.0 Å². The summed E-state index contributed by atoms with van der Waals surface area (Å²) in [5.41, 5.74) is 0.381. The normalized spacial score (nSPS) is 10.8. The summed E-state index contributed by atoms with van der Waals surface area (Å²) in [6.45, 7) is 7.29. The summed E-state index contributed by atoms with van der Waals surface area (Å²) in [4.78, 5) is 34.7. The molecular formula is C21H33N3O6. The Morgan fingerprint density at radius 2 is 1.53 bits per heavy atom. The Bertz CT molecular complexity index is 646. The van der Waals surface area contributed by atoms with E-state index in [1.165, 1.54) is 0 Å². The molecule has 1 aromatic carbocycles. The molecule has 0 bridgehead atoms. The van der Waals surface area contributed by atoms with Crippen LogP contribution in [0.25, 0.3) is 0 Å². The molecule has 9 nitrogen and oxygen atoms in total. The number of benzene rings is 1. The summed E-state index contributed by atoms with van der Waals surface area (Å²) in [5.74, 6) is -0.137. The first-order valence-corrected chi connectivity index (χ1v) is 10.0. The fraction of sp³-hybridized carbons (Fsp3) is 0.571. The number of rotatable bonds is 12. The number of alkyl carbamates (subject to hydrolysis) is 2. The smallest absolute Gasteiger partial charge is 0.407 e. The van der Waals surface area contributed by atoms with Crippen molar-refractivity contribution >= 4 is 18.1 Å². The second-order valence-corrected chi connectivity index (χ2v) is 7.48. The summed E-state index contributed by atoms with van der Waals surface area (Å²) in [7, 11) is 0. The molecule has 0 atom stereocenters. The fourth-order valence-electron chi connectivity index (χ4n) is 2.18. The van der Waals surface area contributed by atoms with Gasteiger partial charge in [-0.05, 0) is 32.8 Å². The predicted molar refractivity (Wildman–Crippen MR) is 112 cm³/mol. The Morgan fingerprint density at radius 1 is 0.867 bits per heavy atom. The first-order valence-electron chi connectivity index (χ1n) is 10.0. The molecule has 1 aromatic rings. The molecule has 30 heavy (non-hydrogen) atoms. The summed E-state index contributed by atoms with van der Waals surface area (Å²) in [6, 6.07) is 9.40. The number of carbonyl (C=O) groups excluding carboxylic acids is 3. The minimum absolute atomic E-state index is 0.137. The lowest BCUT2D eigenvalue weighted by Crippen LogP contribution is -2.34. The van der Waals surface area contributed by atoms with Crippen LogP contribution in [0.5, 0.6) is 0 Å². The monoisotopic (exact) mass is 423 g/mol. The van der Waals surface area contributed by atoms with Gasteiger partial charge in [-0.1, -0.05) is 30.3 Å². The second-order valence-electron chi connectivity index (χ2n) is 7.48. The highest BCUT2D eigenvalue weighted by atomic mass is 16.6. The Kier molecular flexibility index (Phi) is 12.0. The average Bonchev–Trinajstić information content (AvgIpc) is 2.68. The standard InChI is InChI=1S/C21H33N3O6/c1-21(2,3)30-20(27)23-12-7-11-22-18(25)10-14-28-15-13-24-19(26)29-16-17-8-5-4-6-9-17/h4-6,8-9H,7,10-16H2,1-3H3,(H,22,25)(H,23,27)(H,24,26). The number of nitrogens with one attached hydrogen (secondary N) is 3. The fourth-order valence-corrected chi connectivity index (χ4v) is 2.18. The molecule has 168 valence electrons. The molecule has 0 saturated heterocycles. The summed E-state index contributed by atoms with van der Waals surface area (Å²) >= 11 is 0. The van der Waals surface area contributed by atoms with E-state index in [1.807, 2.05) is 30.3 Å². The number of hydrogen-bond acceptors (Lipinski definition) is 6. The molecule has 0 aliphatic rings. The van der Waals surface area contributed by atoms with Crippen molar-refractivity contribution in [3.8, 4) is 0 Å². The van der Waals surface area contributed by atoms with Crippen molar-refractivity contribution in [2.45, 2.75) is 45.8 Å². The van der Waals surface area contributed by atoms with Gasteiger partial charge in [0.05, 0.1) is 13.2 Å². The number of hydrogen-bond donors (Lipinski definition) is 3. The molecular weight excluding hydrogens is 390 g/mol. The van der Waals surface area contributed by atoms with Gasteiger partial charge >= 0.3 is 12.2 Å². The van der Waals surface area contributed by atoms with Crippen LogP contribution in [-0.2, 0) is 25.6 Å². The van der Waals surface area contributed by atoms with Gasteiger partial charge in [-0.25, -0.2) is 9.59 Å². The number of carbonyl (C=O) groups is 3. The molecule has 1 rings (SSSR count). The maximum Gasteiger partial charge on any atom is 0.407 e. The molecule has 3 amide bonds. The summed E-state index contributed by atoms with van der Waals surface area (Å²) < 4.78 is 15.5. The Hall–Kier alpha value is -2.81. The lowest BCUT2D eigenvalue weighted by atomic mass is 10.2. The van der Waals surface area contributed by atoms with Crippen LogP contribution in [0.4, 0.5) is 9.59 Å². The summed E-state index contributed by atoms with van der Waals surface area (Å²) in [5, 5.41) is 7.95. The topological polar surface area (TPSA) is 115 Å². The number of amides is 3. The molecule has 3 N–H and O–H groups in total. The van der Waals surface area contributed by atoms with E-state index in [4.69, 9.17) is 14.2 Å². The Morgan fingerprint density at radius 3 is 2.23 bits per heavy atom. The van der Waals surface area contributed by atoms with E-state index in [0.717, 1.165) is 5.56 Å². The van der Waals surface area contributed by atoms with E-state index < -0.39 is 17.8 Å². The SMILES string of the molecule is CC(C)(C)OC(=O)NCCCNC(=O)CCOCCNC(=O)OCc1ccccc1. The highest BCUT2D eigenvalue weighted by Gasteiger charge is 2.15. The van der Waals surface area contributed by atoms with Crippen LogP contribution < -0.4 is 16.0 Å². The van der Waals surface area contributed by atoms with Gasteiger partial charge in [-0.2, -0.15) is 0 Å². The van der Waals surface area contributed by atoms with Gasteiger partial charge in [0.1, 0.15) is 12.2 Å². The zero-order chi connectivity index (χ0) is 22.2. The van der Waals surface area contributed by atoms with Gasteiger partial charge in [0.15, 0.2) is 0 Å². The van der Waals surface area contributed by atoms with Crippen LogP contribution >= 0.6 is 0 Å². The van der Waals surface area contributed by atoms with E-state index in [-0.39, 0.29) is 32.1 Å². The molecule has 0 unspecified atom stereocenters. The zero-order valence-electron chi connectivity index (χ0n) is 18.0. The van der Waals surface area contributed by atoms with Gasteiger partial charge in [0.25, 0.3) is 0 Å². The molecule has 0 fully saturated rings. The minimum atomic E-state index is -0.531. The van der Waals surface area contributed by atoms with E-state index in [9.17, 15) is 14.4 Å². The van der Waals surface area contributed by atoms with E-state index >= 15 is 0 Å². The van der Waals surface area contributed by atoms with Crippen molar-refractivity contribution in [3.05, 3.63) is 35.9 Å². The molecule has 0 aliphatic heterocycles. The van der Waals surface area contributed by atoms with Crippen LogP contribution in [0.1, 0.15) is 39.2 Å². The third kappa shape index (κ3) is 14.2. The Labute approximate surface area is 177 Å². The third-order valence-electron chi connectivity index (χ3n) is 3.55. The van der Waals surface area contributed by atoms with E-state index in [2.05, 4.69) is 16.0 Å². The molecule has 0 heterocycles. The number of ether oxygens (including phenoxy) is 3. The average molecular weight is 424 g/mol. The predicted octanol–water partition coefficient (Wildman–Crippen LogP) is 2.35. The maximum absolute atomic E-state index is 11.7. The second kappa shape index (κ2) is 14.2. The maximum atomic E-state index is 11.7. The molecule has 0 aliphatic carbocycles. The van der Waals surface area contributed by atoms with Crippen molar-refractivity contribution in [3.63, 3.8) is 0 Å². The van der Waals surface area contributed by atoms with Crippen LogP contribution in [0.3, 0.4) is 0 Å². The first-order chi connectivity index (χ1) is 14.3. The first kappa shape index (κ1) is 25.2. The highest BCUT2D eigenvalue weighted by Crippen LogP contribution is 2.06. The van der Waals surface area contributed by atoms with E-state index in [0.29, 0.717) is 26.1 Å². The van der Waals surface area contributed by atoms with Crippen LogP contribution in [0, 0.1) is 0 Å². The Balaban J connectivity index is 1.92. The molecule has 0 saturated carbocycles. The highest BCUT2D eigenvalue weighted by molar-refractivity contribution is 5.75. The van der Waals surface area contributed by atoms with Crippen molar-refractivity contribution in [2.75, 3.05) is 32.8 Å². The van der Waals surface area contributed by atoms with Gasteiger partial charge in [-0.3, -0.25) is 4.79 Å². The molecule has 0 radical (unpaired) electrons.